The molecular formula is C11H19N3O3S. The molecule has 0 aliphatic carbocycles. The first kappa shape index (κ1) is 14.7. The Morgan fingerprint density at radius 2 is 2.06 bits per heavy atom. The Morgan fingerprint density at radius 3 is 2.67 bits per heavy atom. The predicted octanol–water partition coefficient (Wildman–Crippen LogP) is 0.361. The fourth-order valence-corrected chi connectivity index (χ4v) is 2.19. The largest absolute Gasteiger partial charge is 0.397 e. The summed E-state index contributed by atoms with van der Waals surface area (Å²) in [6.07, 6.45) is 1.49. The van der Waals surface area contributed by atoms with Crippen LogP contribution in [0.4, 0.5) is 11.4 Å². The van der Waals surface area contributed by atoms with Gasteiger partial charge in [-0.3, -0.25) is 0 Å². The third-order valence-electron chi connectivity index (χ3n) is 2.50. The molecule has 0 fully saturated rings. The van der Waals surface area contributed by atoms with Crippen molar-refractivity contribution in [3.05, 3.63) is 18.2 Å². The van der Waals surface area contributed by atoms with Crippen LogP contribution in [0.2, 0.25) is 0 Å². The molecule has 7 heteroatoms. The summed E-state index contributed by atoms with van der Waals surface area (Å²) in [7, 11) is -2.10. The fourth-order valence-electron chi connectivity index (χ4n) is 1.43. The molecule has 0 bridgehead atoms. The van der Waals surface area contributed by atoms with Gasteiger partial charge in [0.05, 0.1) is 16.3 Å². The lowest BCUT2D eigenvalue weighted by molar-refractivity contribution is 0.286. The van der Waals surface area contributed by atoms with Gasteiger partial charge in [0, 0.05) is 13.2 Å². The summed E-state index contributed by atoms with van der Waals surface area (Å²) in [4.78, 5) is 0.170. The van der Waals surface area contributed by atoms with Gasteiger partial charge in [0.1, 0.15) is 0 Å². The summed E-state index contributed by atoms with van der Waals surface area (Å²) in [5.74, 6) is 0. The molecular weight excluding hydrogens is 254 g/mol. The zero-order chi connectivity index (χ0) is 13.6. The number of hydrogen-bond acceptors (Lipinski definition) is 5. The summed E-state index contributed by atoms with van der Waals surface area (Å²) in [5, 5.41) is 11.7. The number of unbranched alkanes of at least 4 members (excludes halogenated alkanes) is 1. The van der Waals surface area contributed by atoms with E-state index in [2.05, 4.69) is 10.0 Å². The number of nitrogen functional groups attached to an aromatic ring is 1. The van der Waals surface area contributed by atoms with Gasteiger partial charge in [-0.05, 0) is 38.1 Å². The van der Waals surface area contributed by atoms with Gasteiger partial charge in [-0.15, -0.1) is 0 Å². The molecule has 0 aliphatic rings. The minimum atomic E-state index is -3.46. The minimum absolute atomic E-state index is 0.144. The normalized spacial score (nSPS) is 11.4. The SMILES string of the molecule is CNS(=O)(=O)c1ccc(N)c(NCCCCO)c1. The smallest absolute Gasteiger partial charge is 0.240 e. The van der Waals surface area contributed by atoms with E-state index in [1.807, 2.05) is 0 Å². The second-order valence-electron chi connectivity index (χ2n) is 3.81. The van der Waals surface area contributed by atoms with Crippen LogP contribution in [0.25, 0.3) is 0 Å². The van der Waals surface area contributed by atoms with Gasteiger partial charge in [-0.2, -0.15) is 0 Å². The molecule has 0 unspecified atom stereocenters. The van der Waals surface area contributed by atoms with E-state index >= 15 is 0 Å². The number of aliphatic hydroxyl groups excluding tert-OH is 1. The second-order valence-corrected chi connectivity index (χ2v) is 5.70. The van der Waals surface area contributed by atoms with Gasteiger partial charge in [0.2, 0.25) is 10.0 Å². The van der Waals surface area contributed by atoms with Crippen LogP contribution in [-0.2, 0) is 10.0 Å². The number of sulfonamides is 1. The van der Waals surface area contributed by atoms with Gasteiger partial charge >= 0.3 is 0 Å². The monoisotopic (exact) mass is 273 g/mol. The maximum atomic E-state index is 11.6. The summed E-state index contributed by atoms with van der Waals surface area (Å²) >= 11 is 0. The van der Waals surface area contributed by atoms with Gasteiger partial charge in [-0.25, -0.2) is 13.1 Å². The summed E-state index contributed by atoms with van der Waals surface area (Å²) in [5.41, 5.74) is 6.84. The van der Waals surface area contributed by atoms with Crippen LogP contribution in [0, 0.1) is 0 Å². The van der Waals surface area contributed by atoms with E-state index in [9.17, 15) is 8.42 Å². The molecule has 0 spiro atoms. The van der Waals surface area contributed by atoms with Crippen molar-refractivity contribution in [1.29, 1.82) is 0 Å². The van der Waals surface area contributed by atoms with Crippen molar-refractivity contribution in [2.24, 2.45) is 0 Å². The van der Waals surface area contributed by atoms with Crippen LogP contribution >= 0.6 is 0 Å². The molecule has 0 amide bonds. The maximum Gasteiger partial charge on any atom is 0.240 e. The van der Waals surface area contributed by atoms with Crippen molar-refractivity contribution in [2.75, 3.05) is 31.2 Å². The van der Waals surface area contributed by atoms with E-state index in [4.69, 9.17) is 10.8 Å². The van der Waals surface area contributed by atoms with Crippen LogP contribution in [0.5, 0.6) is 0 Å². The third-order valence-corrected chi connectivity index (χ3v) is 3.92. The number of rotatable bonds is 7. The second kappa shape index (κ2) is 6.58. The standard InChI is InChI=1S/C11H19N3O3S/c1-13-18(16,17)9-4-5-10(12)11(8-9)14-6-2-3-7-15/h4-5,8,13-15H,2-3,6-7,12H2,1H3. The Kier molecular flexibility index (Phi) is 5.39. The van der Waals surface area contributed by atoms with Crippen LogP contribution in [-0.4, -0.2) is 33.7 Å². The molecule has 1 rings (SSSR count). The van der Waals surface area contributed by atoms with Crippen LogP contribution in [0.1, 0.15) is 12.8 Å². The molecule has 6 nitrogen and oxygen atoms in total. The summed E-state index contributed by atoms with van der Waals surface area (Å²) < 4.78 is 25.5. The van der Waals surface area contributed by atoms with E-state index in [1.54, 1.807) is 6.07 Å². The maximum absolute atomic E-state index is 11.6. The molecule has 1 aromatic carbocycles. The Balaban J connectivity index is 2.82. The first-order chi connectivity index (χ1) is 8.51. The van der Waals surface area contributed by atoms with Gasteiger partial charge in [0.15, 0.2) is 0 Å². The van der Waals surface area contributed by atoms with Gasteiger partial charge < -0.3 is 16.2 Å². The molecule has 5 N–H and O–H groups in total. The van der Waals surface area contributed by atoms with E-state index in [1.165, 1.54) is 19.2 Å². The van der Waals surface area contributed by atoms with E-state index in [-0.39, 0.29) is 11.5 Å². The highest BCUT2D eigenvalue weighted by Crippen LogP contribution is 2.22. The average molecular weight is 273 g/mol. The van der Waals surface area contributed by atoms with Crippen molar-refractivity contribution >= 4 is 21.4 Å². The molecule has 0 heterocycles. The number of anilines is 2. The molecule has 0 aliphatic heterocycles. The summed E-state index contributed by atoms with van der Waals surface area (Å²) in [6.45, 7) is 0.777. The third kappa shape index (κ3) is 3.86. The number of hydrogen-bond donors (Lipinski definition) is 4. The van der Waals surface area contributed by atoms with E-state index in [0.717, 1.165) is 6.42 Å². The molecule has 0 aromatic heterocycles. The quantitative estimate of drug-likeness (QED) is 0.424. The van der Waals surface area contributed by atoms with Crippen molar-refractivity contribution in [1.82, 2.24) is 4.72 Å². The molecule has 0 saturated heterocycles. The van der Waals surface area contributed by atoms with E-state index < -0.39 is 10.0 Å². The van der Waals surface area contributed by atoms with Crippen LogP contribution in [0.3, 0.4) is 0 Å². The lowest BCUT2D eigenvalue weighted by Crippen LogP contribution is -2.19. The highest BCUT2D eigenvalue weighted by molar-refractivity contribution is 7.89. The first-order valence-corrected chi connectivity index (χ1v) is 7.17. The van der Waals surface area contributed by atoms with Crippen molar-refractivity contribution in [3.8, 4) is 0 Å². The Hall–Kier alpha value is -1.31. The lowest BCUT2D eigenvalue weighted by atomic mass is 10.2. The van der Waals surface area contributed by atoms with Crippen LogP contribution in [0.15, 0.2) is 23.1 Å². The average Bonchev–Trinajstić information content (AvgIpc) is 2.36. The highest BCUT2D eigenvalue weighted by atomic mass is 32.2. The van der Waals surface area contributed by atoms with Crippen molar-refractivity contribution < 1.29 is 13.5 Å². The fraction of sp³-hybridized carbons (Fsp3) is 0.455. The molecule has 0 radical (unpaired) electrons. The Labute approximate surface area is 107 Å². The van der Waals surface area contributed by atoms with Crippen molar-refractivity contribution in [2.45, 2.75) is 17.7 Å². The van der Waals surface area contributed by atoms with Crippen molar-refractivity contribution in [3.63, 3.8) is 0 Å². The van der Waals surface area contributed by atoms with Gasteiger partial charge in [0.25, 0.3) is 0 Å². The summed E-state index contributed by atoms with van der Waals surface area (Å²) in [6, 6.07) is 4.51. The predicted molar refractivity (Wildman–Crippen MR) is 71.9 cm³/mol. The number of aliphatic hydroxyl groups is 1. The zero-order valence-corrected chi connectivity index (χ0v) is 11.1. The molecule has 18 heavy (non-hydrogen) atoms. The number of benzene rings is 1. The molecule has 0 atom stereocenters. The minimum Gasteiger partial charge on any atom is -0.397 e. The van der Waals surface area contributed by atoms with Crippen LogP contribution < -0.4 is 15.8 Å². The lowest BCUT2D eigenvalue weighted by Gasteiger charge is -2.11. The Morgan fingerprint density at radius 1 is 1.33 bits per heavy atom. The molecule has 0 saturated carbocycles. The molecule has 102 valence electrons. The van der Waals surface area contributed by atoms with E-state index in [0.29, 0.717) is 24.3 Å². The first-order valence-electron chi connectivity index (χ1n) is 5.69. The highest BCUT2D eigenvalue weighted by Gasteiger charge is 2.12. The van der Waals surface area contributed by atoms with Gasteiger partial charge in [-0.1, -0.05) is 0 Å². The number of nitrogens with two attached hydrogens (primary N) is 1. The number of nitrogens with one attached hydrogen (secondary N) is 2. The zero-order valence-electron chi connectivity index (χ0n) is 10.3. The topological polar surface area (TPSA) is 104 Å². The Bertz CT molecular complexity index is 488. The molecule has 1 aromatic rings.